The highest BCUT2D eigenvalue weighted by Gasteiger charge is 2.20. The lowest BCUT2D eigenvalue weighted by atomic mass is 9.95. The molecule has 0 spiro atoms. The monoisotopic (exact) mass is 212 g/mol. The van der Waals surface area contributed by atoms with Gasteiger partial charge >= 0.3 is 0 Å². The molecule has 1 N–H and O–H groups in total. The number of aromatic nitrogens is 1. The molecule has 1 rings (SSSR count). The van der Waals surface area contributed by atoms with Gasteiger partial charge in [-0.15, -0.1) is 11.6 Å². The largest absolute Gasteiger partial charge is 0.365 e. The molecule has 1 unspecified atom stereocenters. The van der Waals surface area contributed by atoms with Gasteiger partial charge in [-0.05, 0) is 31.9 Å². The second-order valence-corrected chi connectivity index (χ2v) is 4.07. The molecule has 0 aliphatic heterocycles. The van der Waals surface area contributed by atoms with Crippen molar-refractivity contribution in [1.29, 1.82) is 0 Å². The van der Waals surface area contributed by atoms with E-state index in [1.807, 2.05) is 18.2 Å². The first-order valence-corrected chi connectivity index (χ1v) is 5.49. The number of alkyl halides is 1. The number of hydrogen-bond acceptors (Lipinski definition) is 2. The molecule has 78 valence electrons. The molecule has 0 aliphatic rings. The molecule has 2 nitrogen and oxygen atoms in total. The van der Waals surface area contributed by atoms with Crippen molar-refractivity contribution in [3.05, 3.63) is 24.4 Å². The van der Waals surface area contributed by atoms with E-state index in [9.17, 15) is 0 Å². The minimum absolute atomic E-state index is 0.0517. The summed E-state index contributed by atoms with van der Waals surface area (Å²) in [4.78, 5) is 4.24. The summed E-state index contributed by atoms with van der Waals surface area (Å²) in [5.41, 5.74) is 0.0517. The lowest BCUT2D eigenvalue weighted by Gasteiger charge is -2.29. The molecule has 1 aromatic heterocycles. The second kappa shape index (κ2) is 5.20. The van der Waals surface area contributed by atoms with Crippen LogP contribution in [0, 0.1) is 0 Å². The average Bonchev–Trinajstić information content (AvgIpc) is 2.20. The highest BCUT2D eigenvalue weighted by molar-refractivity contribution is 6.17. The molecule has 1 aromatic rings. The van der Waals surface area contributed by atoms with Gasteiger partial charge in [-0.2, -0.15) is 0 Å². The van der Waals surface area contributed by atoms with Crippen molar-refractivity contribution in [3.8, 4) is 0 Å². The van der Waals surface area contributed by atoms with Crippen LogP contribution in [0.4, 0.5) is 5.82 Å². The van der Waals surface area contributed by atoms with Gasteiger partial charge in [-0.3, -0.25) is 0 Å². The van der Waals surface area contributed by atoms with Gasteiger partial charge in [-0.25, -0.2) is 4.98 Å². The van der Waals surface area contributed by atoms with Gasteiger partial charge in [-0.1, -0.05) is 13.0 Å². The molecule has 0 amide bonds. The predicted octanol–water partition coefficient (Wildman–Crippen LogP) is 3.29. The fourth-order valence-electron chi connectivity index (χ4n) is 1.28. The Balaban J connectivity index is 2.65. The normalized spacial score (nSPS) is 14.8. The third-order valence-corrected chi connectivity index (χ3v) is 2.71. The predicted molar refractivity (Wildman–Crippen MR) is 61.9 cm³/mol. The summed E-state index contributed by atoms with van der Waals surface area (Å²) in [5.74, 6) is 1.59. The Morgan fingerprint density at radius 3 is 2.79 bits per heavy atom. The number of anilines is 1. The maximum absolute atomic E-state index is 5.77. The first-order valence-electron chi connectivity index (χ1n) is 4.95. The summed E-state index contributed by atoms with van der Waals surface area (Å²) < 4.78 is 0. The number of hydrogen-bond donors (Lipinski definition) is 1. The fraction of sp³-hybridized carbons (Fsp3) is 0.545. The summed E-state index contributed by atoms with van der Waals surface area (Å²) >= 11 is 5.77. The Hall–Kier alpha value is -0.760. The molecule has 0 fully saturated rings. The third-order valence-electron chi connectivity index (χ3n) is 2.52. The van der Waals surface area contributed by atoms with Crippen molar-refractivity contribution in [2.45, 2.75) is 32.2 Å². The smallest absolute Gasteiger partial charge is 0.126 e. The Kier molecular flexibility index (Phi) is 4.21. The van der Waals surface area contributed by atoms with Gasteiger partial charge in [0.2, 0.25) is 0 Å². The third kappa shape index (κ3) is 3.18. The Labute approximate surface area is 90.7 Å². The molecule has 0 aromatic carbocycles. The molecule has 0 saturated heterocycles. The minimum Gasteiger partial charge on any atom is -0.365 e. The van der Waals surface area contributed by atoms with Crippen LogP contribution in [0.3, 0.4) is 0 Å². The quantitative estimate of drug-likeness (QED) is 0.758. The van der Waals surface area contributed by atoms with Gasteiger partial charge in [0.25, 0.3) is 0 Å². The summed E-state index contributed by atoms with van der Waals surface area (Å²) in [5, 5.41) is 3.41. The molecule has 14 heavy (non-hydrogen) atoms. The van der Waals surface area contributed by atoms with Gasteiger partial charge in [0.1, 0.15) is 5.82 Å². The lowest BCUT2D eigenvalue weighted by Crippen LogP contribution is -2.34. The number of halogens is 1. The molecular formula is C11H17ClN2. The Morgan fingerprint density at radius 2 is 2.29 bits per heavy atom. The number of pyridine rings is 1. The van der Waals surface area contributed by atoms with Crippen molar-refractivity contribution in [1.82, 2.24) is 4.98 Å². The van der Waals surface area contributed by atoms with Crippen molar-refractivity contribution >= 4 is 17.4 Å². The molecule has 3 heteroatoms. The Bertz CT molecular complexity index is 263. The molecule has 0 aliphatic carbocycles. The maximum Gasteiger partial charge on any atom is 0.126 e. The molecular weight excluding hydrogens is 196 g/mol. The minimum atomic E-state index is 0.0517. The van der Waals surface area contributed by atoms with Crippen LogP contribution in [0.5, 0.6) is 0 Å². The van der Waals surface area contributed by atoms with E-state index in [0.29, 0.717) is 5.88 Å². The standard InChI is InChI=1S/C11H17ClN2/c1-3-11(2,7-8-12)14-10-6-4-5-9-13-10/h4-6,9H,3,7-8H2,1-2H3,(H,13,14). The van der Waals surface area contributed by atoms with Crippen LogP contribution in [0.25, 0.3) is 0 Å². The molecule has 0 radical (unpaired) electrons. The highest BCUT2D eigenvalue weighted by atomic mass is 35.5. The van der Waals surface area contributed by atoms with E-state index in [2.05, 4.69) is 24.1 Å². The van der Waals surface area contributed by atoms with Crippen molar-refractivity contribution in [2.24, 2.45) is 0 Å². The molecule has 1 atom stereocenters. The molecule has 1 heterocycles. The first-order chi connectivity index (χ1) is 6.70. The van der Waals surface area contributed by atoms with Crippen molar-refractivity contribution < 1.29 is 0 Å². The van der Waals surface area contributed by atoms with Crippen LogP contribution in [0.15, 0.2) is 24.4 Å². The number of nitrogens with one attached hydrogen (secondary N) is 1. The second-order valence-electron chi connectivity index (χ2n) is 3.69. The molecule has 0 bridgehead atoms. The van der Waals surface area contributed by atoms with Gasteiger partial charge < -0.3 is 5.32 Å². The van der Waals surface area contributed by atoms with E-state index in [4.69, 9.17) is 11.6 Å². The van der Waals surface area contributed by atoms with E-state index in [1.54, 1.807) is 6.20 Å². The SMILES string of the molecule is CCC(C)(CCCl)Nc1ccccn1. The highest BCUT2D eigenvalue weighted by Crippen LogP contribution is 2.20. The van der Waals surface area contributed by atoms with Crippen LogP contribution in [-0.4, -0.2) is 16.4 Å². The van der Waals surface area contributed by atoms with Crippen LogP contribution in [-0.2, 0) is 0 Å². The van der Waals surface area contributed by atoms with Crippen molar-refractivity contribution in [2.75, 3.05) is 11.2 Å². The van der Waals surface area contributed by atoms with E-state index in [1.165, 1.54) is 0 Å². The summed E-state index contributed by atoms with van der Waals surface area (Å²) in [6.07, 6.45) is 3.77. The number of nitrogens with zero attached hydrogens (tertiary/aromatic N) is 1. The van der Waals surface area contributed by atoms with Gasteiger partial charge in [0.15, 0.2) is 0 Å². The molecule has 0 saturated carbocycles. The van der Waals surface area contributed by atoms with E-state index in [-0.39, 0.29) is 5.54 Å². The van der Waals surface area contributed by atoms with Gasteiger partial charge in [0.05, 0.1) is 0 Å². The lowest BCUT2D eigenvalue weighted by molar-refractivity contribution is 0.479. The topological polar surface area (TPSA) is 24.9 Å². The summed E-state index contributed by atoms with van der Waals surface area (Å²) in [6, 6.07) is 5.87. The van der Waals surface area contributed by atoms with Crippen LogP contribution in [0.2, 0.25) is 0 Å². The first kappa shape index (κ1) is 11.3. The Morgan fingerprint density at radius 1 is 1.50 bits per heavy atom. The van der Waals surface area contributed by atoms with Gasteiger partial charge in [0, 0.05) is 17.6 Å². The fourth-order valence-corrected chi connectivity index (χ4v) is 1.70. The van der Waals surface area contributed by atoms with Crippen LogP contribution < -0.4 is 5.32 Å². The van der Waals surface area contributed by atoms with E-state index in [0.717, 1.165) is 18.7 Å². The van der Waals surface area contributed by atoms with Crippen LogP contribution in [0.1, 0.15) is 26.7 Å². The maximum atomic E-state index is 5.77. The summed E-state index contributed by atoms with van der Waals surface area (Å²) in [6.45, 7) is 4.33. The summed E-state index contributed by atoms with van der Waals surface area (Å²) in [7, 11) is 0. The number of rotatable bonds is 5. The average molecular weight is 213 g/mol. The zero-order valence-electron chi connectivity index (χ0n) is 8.76. The van der Waals surface area contributed by atoms with E-state index < -0.39 is 0 Å². The van der Waals surface area contributed by atoms with Crippen molar-refractivity contribution in [3.63, 3.8) is 0 Å². The zero-order valence-corrected chi connectivity index (χ0v) is 9.51. The van der Waals surface area contributed by atoms with Crippen LogP contribution >= 0.6 is 11.6 Å². The zero-order chi connectivity index (χ0) is 10.4. The van der Waals surface area contributed by atoms with E-state index >= 15 is 0 Å².